The van der Waals surface area contributed by atoms with Gasteiger partial charge < -0.3 is 10.8 Å². The van der Waals surface area contributed by atoms with Gasteiger partial charge >= 0.3 is 0 Å². The van der Waals surface area contributed by atoms with Gasteiger partial charge in [0.15, 0.2) is 0 Å². The minimum atomic E-state index is -0.273. The number of benzene rings is 2. The van der Waals surface area contributed by atoms with E-state index in [9.17, 15) is 9.50 Å². The first kappa shape index (κ1) is 14.4. The Bertz CT molecular complexity index is 835. The molecular weight excluding hydrogens is 281 g/mol. The molecule has 3 rings (SSSR count). The number of fused-ring (bicyclic) bond motifs is 1. The second-order valence-electron chi connectivity index (χ2n) is 5.26. The maximum absolute atomic E-state index is 13.9. The molecule has 3 aromatic rings. The van der Waals surface area contributed by atoms with Crippen molar-refractivity contribution in [3.63, 3.8) is 0 Å². The fourth-order valence-corrected chi connectivity index (χ4v) is 2.45. The SMILES string of the molecule is CC(CO)c1cc(-c2ccc(F)c3ccccc23)nc(N)n1. The summed E-state index contributed by atoms with van der Waals surface area (Å²) in [6.07, 6.45) is 0. The fraction of sp³-hybridized carbons (Fsp3) is 0.176. The van der Waals surface area contributed by atoms with Crippen molar-refractivity contribution in [2.75, 3.05) is 12.3 Å². The topological polar surface area (TPSA) is 72.0 Å². The Morgan fingerprint density at radius 2 is 1.86 bits per heavy atom. The second-order valence-corrected chi connectivity index (χ2v) is 5.26. The van der Waals surface area contributed by atoms with Crippen LogP contribution in [0.2, 0.25) is 0 Å². The minimum Gasteiger partial charge on any atom is -0.396 e. The summed E-state index contributed by atoms with van der Waals surface area (Å²) < 4.78 is 13.9. The van der Waals surface area contributed by atoms with Crippen LogP contribution < -0.4 is 5.73 Å². The van der Waals surface area contributed by atoms with Gasteiger partial charge in [-0.2, -0.15) is 0 Å². The largest absolute Gasteiger partial charge is 0.396 e. The summed E-state index contributed by atoms with van der Waals surface area (Å²) in [5, 5.41) is 10.6. The van der Waals surface area contributed by atoms with Gasteiger partial charge in [-0.15, -0.1) is 0 Å². The maximum Gasteiger partial charge on any atom is 0.220 e. The lowest BCUT2D eigenvalue weighted by molar-refractivity contribution is 0.271. The average molecular weight is 297 g/mol. The van der Waals surface area contributed by atoms with Crippen LogP contribution in [-0.2, 0) is 0 Å². The highest BCUT2D eigenvalue weighted by molar-refractivity contribution is 5.96. The van der Waals surface area contributed by atoms with Crippen molar-refractivity contribution in [3.8, 4) is 11.3 Å². The second kappa shape index (κ2) is 5.69. The number of aliphatic hydroxyl groups is 1. The first-order valence-corrected chi connectivity index (χ1v) is 7.03. The van der Waals surface area contributed by atoms with Gasteiger partial charge in [-0.05, 0) is 23.6 Å². The molecule has 0 aliphatic carbocycles. The zero-order chi connectivity index (χ0) is 15.7. The standard InChI is InChI=1S/C17H16FN3O/c1-10(9-22)15-8-16(21-17(19)20-15)13-6-7-14(18)12-5-3-2-4-11(12)13/h2-8,10,22H,9H2,1H3,(H2,19,20,21). The van der Waals surface area contributed by atoms with Gasteiger partial charge in [-0.3, -0.25) is 0 Å². The first-order valence-electron chi connectivity index (χ1n) is 7.03. The Labute approximate surface area is 127 Å². The molecule has 1 aromatic heterocycles. The van der Waals surface area contributed by atoms with E-state index in [-0.39, 0.29) is 24.3 Å². The van der Waals surface area contributed by atoms with E-state index in [0.29, 0.717) is 16.8 Å². The summed E-state index contributed by atoms with van der Waals surface area (Å²) in [6.45, 7) is 1.83. The van der Waals surface area contributed by atoms with Crippen LogP contribution in [0.5, 0.6) is 0 Å². The highest BCUT2D eigenvalue weighted by Crippen LogP contribution is 2.30. The Hall–Kier alpha value is -2.53. The number of anilines is 1. The number of hydrogen-bond donors (Lipinski definition) is 2. The third kappa shape index (κ3) is 2.51. The van der Waals surface area contributed by atoms with Crippen LogP contribution in [0.25, 0.3) is 22.0 Å². The van der Waals surface area contributed by atoms with Gasteiger partial charge in [0, 0.05) is 16.9 Å². The predicted molar refractivity (Wildman–Crippen MR) is 84.8 cm³/mol. The number of halogens is 1. The molecule has 0 aliphatic heterocycles. The third-order valence-electron chi connectivity index (χ3n) is 3.69. The van der Waals surface area contributed by atoms with Gasteiger partial charge in [0.05, 0.1) is 18.0 Å². The van der Waals surface area contributed by atoms with E-state index < -0.39 is 0 Å². The van der Waals surface area contributed by atoms with Crippen LogP contribution in [0.4, 0.5) is 10.3 Å². The summed E-state index contributed by atoms with van der Waals surface area (Å²) in [5.74, 6) is -0.276. The number of nitrogens with zero attached hydrogens (tertiary/aromatic N) is 2. The molecule has 2 aromatic carbocycles. The number of hydrogen-bond acceptors (Lipinski definition) is 4. The van der Waals surface area contributed by atoms with E-state index in [4.69, 9.17) is 5.73 Å². The summed E-state index contributed by atoms with van der Waals surface area (Å²) in [5.41, 5.74) is 7.86. The van der Waals surface area contributed by atoms with E-state index >= 15 is 0 Å². The van der Waals surface area contributed by atoms with Crippen molar-refractivity contribution in [1.82, 2.24) is 9.97 Å². The zero-order valence-electron chi connectivity index (χ0n) is 12.1. The van der Waals surface area contributed by atoms with Gasteiger partial charge in [0.2, 0.25) is 5.95 Å². The Morgan fingerprint density at radius 1 is 1.14 bits per heavy atom. The maximum atomic E-state index is 13.9. The highest BCUT2D eigenvalue weighted by Gasteiger charge is 2.13. The molecular formula is C17H16FN3O. The van der Waals surface area contributed by atoms with Gasteiger partial charge in [0.1, 0.15) is 5.82 Å². The van der Waals surface area contributed by atoms with Crippen molar-refractivity contribution in [2.45, 2.75) is 12.8 Å². The van der Waals surface area contributed by atoms with Crippen LogP contribution in [-0.4, -0.2) is 21.7 Å². The number of nitrogen functional groups attached to an aromatic ring is 1. The highest BCUT2D eigenvalue weighted by atomic mass is 19.1. The molecule has 112 valence electrons. The summed E-state index contributed by atoms with van der Waals surface area (Å²) >= 11 is 0. The number of aromatic nitrogens is 2. The normalized spacial score (nSPS) is 12.5. The van der Waals surface area contributed by atoms with Crippen LogP contribution in [0, 0.1) is 5.82 Å². The lowest BCUT2D eigenvalue weighted by Crippen LogP contribution is -2.06. The Kier molecular flexibility index (Phi) is 3.73. The van der Waals surface area contributed by atoms with E-state index in [1.165, 1.54) is 6.07 Å². The van der Waals surface area contributed by atoms with Crippen molar-refractivity contribution >= 4 is 16.7 Å². The molecule has 0 radical (unpaired) electrons. The van der Waals surface area contributed by atoms with E-state index in [0.717, 1.165) is 10.9 Å². The zero-order valence-corrected chi connectivity index (χ0v) is 12.1. The molecule has 4 nitrogen and oxygen atoms in total. The lowest BCUT2D eigenvalue weighted by Gasteiger charge is -2.12. The van der Waals surface area contributed by atoms with Crippen molar-refractivity contribution in [1.29, 1.82) is 0 Å². The molecule has 0 amide bonds. The number of aliphatic hydroxyl groups excluding tert-OH is 1. The van der Waals surface area contributed by atoms with Gasteiger partial charge in [-0.25, -0.2) is 14.4 Å². The molecule has 5 heteroatoms. The smallest absolute Gasteiger partial charge is 0.220 e. The molecule has 0 aliphatic rings. The van der Waals surface area contributed by atoms with Crippen LogP contribution in [0.15, 0.2) is 42.5 Å². The van der Waals surface area contributed by atoms with Crippen LogP contribution in [0.1, 0.15) is 18.5 Å². The molecule has 0 saturated carbocycles. The molecule has 22 heavy (non-hydrogen) atoms. The van der Waals surface area contributed by atoms with Gasteiger partial charge in [0.25, 0.3) is 0 Å². The van der Waals surface area contributed by atoms with Crippen molar-refractivity contribution < 1.29 is 9.50 Å². The molecule has 0 fully saturated rings. The average Bonchev–Trinajstić information content (AvgIpc) is 2.54. The summed E-state index contributed by atoms with van der Waals surface area (Å²) in [4.78, 5) is 8.42. The Morgan fingerprint density at radius 3 is 2.59 bits per heavy atom. The number of nitrogens with two attached hydrogens (primary N) is 1. The Balaban J connectivity index is 2.24. The van der Waals surface area contributed by atoms with E-state index in [1.54, 1.807) is 24.3 Å². The quantitative estimate of drug-likeness (QED) is 0.779. The summed E-state index contributed by atoms with van der Waals surface area (Å²) in [6, 6.07) is 12.1. The minimum absolute atomic E-state index is 0.0277. The molecule has 1 unspecified atom stereocenters. The lowest BCUT2D eigenvalue weighted by atomic mass is 9.99. The predicted octanol–water partition coefficient (Wildman–Crippen LogP) is 3.11. The molecule has 0 saturated heterocycles. The van der Waals surface area contributed by atoms with E-state index in [2.05, 4.69) is 9.97 Å². The van der Waals surface area contributed by atoms with Gasteiger partial charge in [-0.1, -0.05) is 31.2 Å². The molecule has 1 atom stereocenters. The molecule has 0 spiro atoms. The number of rotatable bonds is 3. The summed E-state index contributed by atoms with van der Waals surface area (Å²) in [7, 11) is 0. The monoisotopic (exact) mass is 297 g/mol. The third-order valence-corrected chi connectivity index (χ3v) is 3.69. The van der Waals surface area contributed by atoms with Crippen LogP contribution in [0.3, 0.4) is 0 Å². The van der Waals surface area contributed by atoms with Crippen molar-refractivity contribution in [2.24, 2.45) is 0 Å². The molecule has 3 N–H and O–H groups in total. The van der Waals surface area contributed by atoms with E-state index in [1.807, 2.05) is 19.1 Å². The van der Waals surface area contributed by atoms with Crippen molar-refractivity contribution in [3.05, 3.63) is 54.0 Å². The fourth-order valence-electron chi connectivity index (χ4n) is 2.45. The first-order chi connectivity index (χ1) is 10.6. The molecule has 1 heterocycles. The van der Waals surface area contributed by atoms with Crippen LogP contribution >= 0.6 is 0 Å². The molecule has 0 bridgehead atoms.